The second kappa shape index (κ2) is 8.97. The average molecular weight is 230 g/mol. The highest BCUT2D eigenvalue weighted by Gasteiger charge is 2.21. The first kappa shape index (κ1) is 13.9. The molecule has 0 amide bonds. The zero-order valence-corrected chi connectivity index (χ0v) is 10.7. The fraction of sp³-hybridized carbons (Fsp3) is 1.00. The lowest BCUT2D eigenvalue weighted by molar-refractivity contribution is 0.126. The molecule has 2 fully saturated rings. The van der Waals surface area contributed by atoms with E-state index in [9.17, 15) is 0 Å². The number of epoxide rings is 2. The Balaban J connectivity index is 0.000000165. The van der Waals surface area contributed by atoms with E-state index in [1.54, 1.807) is 0 Å². The van der Waals surface area contributed by atoms with E-state index in [4.69, 9.17) is 14.2 Å². The number of hydrogen-bond donors (Lipinski definition) is 0. The Labute approximate surface area is 99.5 Å². The van der Waals surface area contributed by atoms with E-state index in [-0.39, 0.29) is 0 Å². The van der Waals surface area contributed by atoms with E-state index in [0.29, 0.717) is 12.2 Å². The molecule has 2 unspecified atom stereocenters. The van der Waals surface area contributed by atoms with Crippen LogP contribution in [0.2, 0.25) is 0 Å². The van der Waals surface area contributed by atoms with Crippen LogP contribution in [-0.2, 0) is 14.2 Å². The lowest BCUT2D eigenvalue weighted by atomic mass is 10.2. The Hall–Kier alpha value is -0.120. The van der Waals surface area contributed by atoms with Gasteiger partial charge in [-0.2, -0.15) is 0 Å². The van der Waals surface area contributed by atoms with E-state index in [2.05, 4.69) is 13.8 Å². The van der Waals surface area contributed by atoms with Crippen molar-refractivity contribution in [1.29, 1.82) is 0 Å². The molecule has 0 N–H and O–H groups in total. The molecule has 2 rings (SSSR count). The van der Waals surface area contributed by atoms with Gasteiger partial charge in [0.15, 0.2) is 0 Å². The zero-order valence-electron chi connectivity index (χ0n) is 10.7. The van der Waals surface area contributed by atoms with Crippen LogP contribution in [0, 0.1) is 0 Å². The van der Waals surface area contributed by atoms with Crippen LogP contribution in [0.15, 0.2) is 0 Å². The van der Waals surface area contributed by atoms with E-state index in [1.807, 2.05) is 0 Å². The van der Waals surface area contributed by atoms with E-state index < -0.39 is 0 Å². The lowest BCUT2D eigenvalue weighted by Gasteiger charge is -1.97. The SMILES string of the molecule is CCCCC1CO1.CCCOCCC1CO1. The van der Waals surface area contributed by atoms with Crippen molar-refractivity contribution in [3.05, 3.63) is 0 Å². The molecule has 2 heterocycles. The molecule has 3 nitrogen and oxygen atoms in total. The van der Waals surface area contributed by atoms with Gasteiger partial charge >= 0.3 is 0 Å². The summed E-state index contributed by atoms with van der Waals surface area (Å²) in [6.45, 7) is 8.08. The van der Waals surface area contributed by atoms with Gasteiger partial charge in [-0.3, -0.25) is 0 Å². The average Bonchev–Trinajstić information content (AvgIpc) is 3.17. The van der Waals surface area contributed by atoms with E-state index >= 15 is 0 Å². The molecule has 16 heavy (non-hydrogen) atoms. The predicted octanol–water partition coefficient (Wildman–Crippen LogP) is 2.78. The highest BCUT2D eigenvalue weighted by atomic mass is 16.6. The summed E-state index contributed by atoms with van der Waals surface area (Å²) in [6, 6.07) is 0. The maximum atomic E-state index is 5.25. The van der Waals surface area contributed by atoms with Crippen LogP contribution >= 0.6 is 0 Å². The maximum absolute atomic E-state index is 5.25. The van der Waals surface area contributed by atoms with Gasteiger partial charge in [-0.25, -0.2) is 0 Å². The minimum atomic E-state index is 0.529. The number of unbranched alkanes of at least 4 members (excludes halogenated alkanes) is 1. The van der Waals surface area contributed by atoms with Gasteiger partial charge in [-0.1, -0.05) is 26.7 Å². The largest absolute Gasteiger partial charge is 0.381 e. The molecule has 2 saturated heterocycles. The summed E-state index contributed by atoms with van der Waals surface area (Å²) < 4.78 is 15.3. The molecular weight excluding hydrogens is 204 g/mol. The second-order valence-electron chi connectivity index (χ2n) is 4.45. The van der Waals surface area contributed by atoms with Gasteiger partial charge in [0.1, 0.15) is 0 Å². The molecule has 0 aromatic rings. The lowest BCUT2D eigenvalue weighted by Crippen LogP contribution is -1.98. The Bertz CT molecular complexity index is 153. The summed E-state index contributed by atoms with van der Waals surface area (Å²) in [5.74, 6) is 0. The van der Waals surface area contributed by atoms with Crippen LogP contribution in [0.25, 0.3) is 0 Å². The molecule has 0 radical (unpaired) electrons. The fourth-order valence-corrected chi connectivity index (χ4v) is 1.36. The second-order valence-corrected chi connectivity index (χ2v) is 4.45. The minimum Gasteiger partial charge on any atom is -0.381 e. The van der Waals surface area contributed by atoms with Gasteiger partial charge in [0.25, 0.3) is 0 Å². The molecule has 96 valence electrons. The standard InChI is InChI=1S/C7H14O2.C6H12O/c1-2-4-8-5-3-7-6-9-7;1-2-3-4-6-5-7-6/h7H,2-6H2,1H3;6H,2-5H2,1H3. The Morgan fingerprint density at radius 2 is 1.56 bits per heavy atom. The maximum Gasteiger partial charge on any atom is 0.0831 e. The van der Waals surface area contributed by atoms with Crippen molar-refractivity contribution in [2.75, 3.05) is 26.4 Å². The highest BCUT2D eigenvalue weighted by molar-refractivity contribution is 4.67. The van der Waals surface area contributed by atoms with Crippen molar-refractivity contribution < 1.29 is 14.2 Å². The van der Waals surface area contributed by atoms with Crippen LogP contribution in [0.1, 0.15) is 46.0 Å². The molecule has 2 aliphatic rings. The predicted molar refractivity (Wildman–Crippen MR) is 64.7 cm³/mol. The molecule has 0 aliphatic carbocycles. The van der Waals surface area contributed by atoms with Gasteiger partial charge in [0.05, 0.1) is 25.4 Å². The molecule has 2 atom stereocenters. The summed E-state index contributed by atoms with van der Waals surface area (Å²) in [4.78, 5) is 0. The molecule has 0 aromatic heterocycles. The number of ether oxygens (including phenoxy) is 3. The minimum absolute atomic E-state index is 0.529. The molecule has 2 aliphatic heterocycles. The fourth-order valence-electron chi connectivity index (χ4n) is 1.36. The smallest absolute Gasteiger partial charge is 0.0831 e. The molecule has 0 bridgehead atoms. The van der Waals surface area contributed by atoms with Crippen LogP contribution in [-0.4, -0.2) is 38.6 Å². The highest BCUT2D eigenvalue weighted by Crippen LogP contribution is 2.15. The molecular formula is C13H26O3. The summed E-state index contributed by atoms with van der Waals surface area (Å²) in [7, 11) is 0. The Kier molecular flexibility index (Phi) is 7.81. The Morgan fingerprint density at radius 1 is 0.938 bits per heavy atom. The van der Waals surface area contributed by atoms with Crippen molar-refractivity contribution >= 4 is 0 Å². The van der Waals surface area contributed by atoms with E-state index in [0.717, 1.165) is 39.3 Å². The summed E-state index contributed by atoms with van der Waals surface area (Å²) in [6.07, 6.45) is 7.31. The van der Waals surface area contributed by atoms with Crippen LogP contribution in [0.4, 0.5) is 0 Å². The molecule has 0 saturated carbocycles. The van der Waals surface area contributed by atoms with Crippen molar-refractivity contribution in [1.82, 2.24) is 0 Å². The zero-order chi connectivity index (χ0) is 11.6. The first-order valence-corrected chi connectivity index (χ1v) is 6.67. The normalized spacial score (nSPS) is 25.9. The van der Waals surface area contributed by atoms with Crippen molar-refractivity contribution in [3.63, 3.8) is 0 Å². The van der Waals surface area contributed by atoms with Crippen LogP contribution in [0.5, 0.6) is 0 Å². The molecule has 0 spiro atoms. The number of hydrogen-bond acceptors (Lipinski definition) is 3. The quantitative estimate of drug-likeness (QED) is 0.475. The van der Waals surface area contributed by atoms with E-state index in [1.165, 1.54) is 19.3 Å². The van der Waals surface area contributed by atoms with Crippen LogP contribution in [0.3, 0.4) is 0 Å². The summed E-state index contributed by atoms with van der Waals surface area (Å²) in [5, 5.41) is 0. The summed E-state index contributed by atoms with van der Waals surface area (Å²) in [5.41, 5.74) is 0. The summed E-state index contributed by atoms with van der Waals surface area (Å²) >= 11 is 0. The van der Waals surface area contributed by atoms with Gasteiger partial charge in [0.2, 0.25) is 0 Å². The van der Waals surface area contributed by atoms with Gasteiger partial charge < -0.3 is 14.2 Å². The van der Waals surface area contributed by atoms with Crippen LogP contribution < -0.4 is 0 Å². The topological polar surface area (TPSA) is 34.3 Å². The Morgan fingerprint density at radius 3 is 2.06 bits per heavy atom. The third-order valence-electron chi connectivity index (χ3n) is 2.62. The van der Waals surface area contributed by atoms with Gasteiger partial charge in [-0.15, -0.1) is 0 Å². The first-order chi connectivity index (χ1) is 7.86. The van der Waals surface area contributed by atoms with Crippen molar-refractivity contribution in [3.8, 4) is 0 Å². The van der Waals surface area contributed by atoms with Crippen molar-refractivity contribution in [2.24, 2.45) is 0 Å². The first-order valence-electron chi connectivity index (χ1n) is 6.67. The molecule has 0 aromatic carbocycles. The van der Waals surface area contributed by atoms with Gasteiger partial charge in [-0.05, 0) is 19.3 Å². The third kappa shape index (κ3) is 9.13. The van der Waals surface area contributed by atoms with Gasteiger partial charge in [0, 0.05) is 13.2 Å². The number of rotatable bonds is 8. The van der Waals surface area contributed by atoms with Crippen molar-refractivity contribution in [2.45, 2.75) is 58.2 Å². The molecule has 3 heteroatoms. The third-order valence-corrected chi connectivity index (χ3v) is 2.62. The monoisotopic (exact) mass is 230 g/mol.